The Hall–Kier alpha value is -4.12. The summed E-state index contributed by atoms with van der Waals surface area (Å²) in [4.78, 5) is 16.3. The van der Waals surface area contributed by atoms with Crippen LogP contribution in [0, 0.1) is 11.8 Å². The lowest BCUT2D eigenvalue weighted by molar-refractivity contribution is -0.274. The van der Waals surface area contributed by atoms with Crippen LogP contribution in [-0.2, 0) is 11.3 Å². The van der Waals surface area contributed by atoms with Crippen LogP contribution >= 0.6 is 0 Å². The van der Waals surface area contributed by atoms with Crippen LogP contribution < -0.4 is 10.1 Å². The molecule has 232 valence electrons. The molecule has 11 heteroatoms. The Morgan fingerprint density at radius 1 is 1.09 bits per heavy atom. The summed E-state index contributed by atoms with van der Waals surface area (Å²) in [6.45, 7) is 4.49. The number of aromatic nitrogens is 2. The Morgan fingerprint density at radius 3 is 2.61 bits per heavy atom. The maximum atomic E-state index is 13.1. The summed E-state index contributed by atoms with van der Waals surface area (Å²) in [5.41, 5.74) is 2.04. The molecule has 4 aromatic rings. The average molecular weight is 610 g/mol. The van der Waals surface area contributed by atoms with Crippen LogP contribution in [0.4, 0.5) is 19.0 Å². The summed E-state index contributed by atoms with van der Waals surface area (Å²) in [6, 6.07) is 14.8. The van der Waals surface area contributed by atoms with Crippen molar-refractivity contribution < 1.29 is 37.1 Å². The molecule has 2 fully saturated rings. The van der Waals surface area contributed by atoms with Gasteiger partial charge in [-0.05, 0) is 73.9 Å². The lowest BCUT2D eigenvalue weighted by atomic mass is 9.75. The van der Waals surface area contributed by atoms with E-state index < -0.39 is 12.3 Å². The molecule has 4 atom stereocenters. The molecule has 4 unspecified atom stereocenters. The minimum Gasteiger partial charge on any atom is -0.478 e. The van der Waals surface area contributed by atoms with Gasteiger partial charge in [0.1, 0.15) is 23.0 Å². The summed E-state index contributed by atoms with van der Waals surface area (Å²) in [5.74, 6) is 0.740. The number of nitrogens with one attached hydrogen (secondary N) is 1. The number of nitrogens with zero attached hydrogens (tertiary/aromatic N) is 2. The molecule has 2 saturated carbocycles. The third kappa shape index (κ3) is 6.38. The summed E-state index contributed by atoms with van der Waals surface area (Å²) >= 11 is 0. The van der Waals surface area contributed by atoms with Gasteiger partial charge >= 0.3 is 12.3 Å². The number of ether oxygens (including phenoxy) is 2. The number of fused-ring (bicyclic) bond motifs is 1. The molecule has 0 spiro atoms. The first-order valence-electron chi connectivity index (χ1n) is 15.0. The SMILES string of the molecule is CCC1CC(OCc2c(-c3ccccc3OC(F)(F)F)noc2C2CC2)CC(C)C1Nc1ccc2c(C(=O)O)cccc2n1. The molecule has 6 rings (SSSR count). The van der Waals surface area contributed by atoms with Crippen LogP contribution in [-0.4, -0.2) is 39.7 Å². The lowest BCUT2D eigenvalue weighted by Gasteiger charge is -2.41. The number of halogens is 3. The van der Waals surface area contributed by atoms with E-state index in [0.717, 1.165) is 32.1 Å². The number of rotatable bonds is 10. The number of hydrogen-bond acceptors (Lipinski definition) is 7. The number of carboxylic acid groups (broad SMARTS) is 1. The molecular weight excluding hydrogens is 575 g/mol. The first-order chi connectivity index (χ1) is 21.1. The van der Waals surface area contributed by atoms with Gasteiger partial charge in [0.15, 0.2) is 0 Å². The second kappa shape index (κ2) is 12.1. The first-order valence-corrected chi connectivity index (χ1v) is 15.0. The number of carbonyl (C=O) groups is 1. The molecule has 44 heavy (non-hydrogen) atoms. The maximum Gasteiger partial charge on any atom is 0.573 e. The van der Waals surface area contributed by atoms with Gasteiger partial charge in [-0.1, -0.05) is 43.6 Å². The second-order valence-electron chi connectivity index (χ2n) is 11.8. The zero-order valence-electron chi connectivity index (χ0n) is 24.4. The van der Waals surface area contributed by atoms with Crippen molar-refractivity contribution in [3.05, 3.63) is 71.5 Å². The summed E-state index contributed by atoms with van der Waals surface area (Å²) < 4.78 is 55.9. The fourth-order valence-electron chi connectivity index (χ4n) is 6.43. The molecule has 2 aliphatic carbocycles. The quantitative estimate of drug-likeness (QED) is 0.185. The Bertz CT molecular complexity index is 1650. The predicted octanol–water partition coefficient (Wildman–Crippen LogP) is 8.19. The van der Waals surface area contributed by atoms with Gasteiger partial charge in [-0.25, -0.2) is 9.78 Å². The lowest BCUT2D eigenvalue weighted by Crippen LogP contribution is -2.43. The van der Waals surface area contributed by atoms with Crippen molar-refractivity contribution in [2.45, 2.75) is 77.0 Å². The fraction of sp³-hybridized carbons (Fsp3) is 0.424. The number of hydrogen-bond donors (Lipinski definition) is 2. The van der Waals surface area contributed by atoms with Crippen molar-refractivity contribution in [3.63, 3.8) is 0 Å². The largest absolute Gasteiger partial charge is 0.573 e. The van der Waals surface area contributed by atoms with Gasteiger partial charge in [0, 0.05) is 28.5 Å². The third-order valence-electron chi connectivity index (χ3n) is 8.72. The normalized spacial score (nSPS) is 22.2. The third-order valence-corrected chi connectivity index (χ3v) is 8.72. The number of anilines is 1. The highest BCUT2D eigenvalue weighted by molar-refractivity contribution is 6.02. The average Bonchev–Trinajstić information content (AvgIpc) is 3.75. The van der Waals surface area contributed by atoms with Crippen molar-refractivity contribution >= 4 is 22.7 Å². The van der Waals surface area contributed by atoms with E-state index in [1.807, 2.05) is 6.07 Å². The molecule has 2 aromatic heterocycles. The van der Waals surface area contributed by atoms with Crippen LogP contribution in [0.2, 0.25) is 0 Å². The number of benzene rings is 2. The van der Waals surface area contributed by atoms with Crippen LogP contribution in [0.15, 0.2) is 59.1 Å². The molecular formula is C33H34F3N3O5. The van der Waals surface area contributed by atoms with Gasteiger partial charge in [0.2, 0.25) is 0 Å². The van der Waals surface area contributed by atoms with Crippen LogP contribution in [0.25, 0.3) is 22.2 Å². The van der Waals surface area contributed by atoms with Crippen molar-refractivity contribution in [1.29, 1.82) is 0 Å². The number of pyridine rings is 1. The molecule has 2 N–H and O–H groups in total. The molecule has 0 saturated heterocycles. The topological polar surface area (TPSA) is 107 Å². The number of aromatic carboxylic acids is 1. The molecule has 0 amide bonds. The highest BCUT2D eigenvalue weighted by atomic mass is 19.4. The van der Waals surface area contributed by atoms with Crippen molar-refractivity contribution in [2.24, 2.45) is 11.8 Å². The van der Waals surface area contributed by atoms with E-state index >= 15 is 0 Å². The Morgan fingerprint density at radius 2 is 1.89 bits per heavy atom. The minimum atomic E-state index is -4.84. The molecule has 2 aliphatic rings. The van der Waals surface area contributed by atoms with E-state index in [9.17, 15) is 23.1 Å². The minimum absolute atomic E-state index is 0.0628. The van der Waals surface area contributed by atoms with Crippen molar-refractivity contribution in [1.82, 2.24) is 10.1 Å². The highest BCUT2D eigenvalue weighted by Gasteiger charge is 2.38. The van der Waals surface area contributed by atoms with E-state index in [1.165, 1.54) is 12.1 Å². The Labute approximate surface area is 252 Å². The monoisotopic (exact) mass is 609 g/mol. The van der Waals surface area contributed by atoms with Crippen LogP contribution in [0.3, 0.4) is 0 Å². The number of para-hydroxylation sites is 1. The molecule has 0 aliphatic heterocycles. The van der Waals surface area contributed by atoms with Gasteiger partial charge in [-0.3, -0.25) is 0 Å². The maximum absolute atomic E-state index is 13.1. The molecule has 0 radical (unpaired) electrons. The second-order valence-corrected chi connectivity index (χ2v) is 11.8. The zero-order valence-corrected chi connectivity index (χ0v) is 24.4. The van der Waals surface area contributed by atoms with Crippen LogP contribution in [0.5, 0.6) is 5.75 Å². The Balaban J connectivity index is 1.18. The van der Waals surface area contributed by atoms with Gasteiger partial charge < -0.3 is 24.4 Å². The van der Waals surface area contributed by atoms with Gasteiger partial charge in [0.25, 0.3) is 0 Å². The molecule has 2 aromatic carbocycles. The van der Waals surface area contributed by atoms with E-state index in [4.69, 9.17) is 14.2 Å². The van der Waals surface area contributed by atoms with Gasteiger partial charge in [0.05, 0.1) is 23.8 Å². The van der Waals surface area contributed by atoms with Gasteiger partial charge in [-0.2, -0.15) is 0 Å². The van der Waals surface area contributed by atoms with E-state index in [1.54, 1.807) is 36.4 Å². The van der Waals surface area contributed by atoms with E-state index in [0.29, 0.717) is 33.7 Å². The highest BCUT2D eigenvalue weighted by Crippen LogP contribution is 2.46. The molecule has 8 nitrogen and oxygen atoms in total. The summed E-state index contributed by atoms with van der Waals surface area (Å²) in [7, 11) is 0. The van der Waals surface area contributed by atoms with Crippen LogP contribution in [0.1, 0.15) is 73.6 Å². The molecule has 0 bridgehead atoms. The standard InChI is InChI=1S/C33H34F3N3O5/c1-3-19-16-21(15-18(2)29(19)38-28-14-13-22-23(32(40)41)8-6-9-26(22)37-28)42-17-25-30(39-44-31(25)20-11-12-20)24-7-4-5-10-27(24)43-33(34,35)36/h4-10,13-14,18-21,29H,3,11-12,15-17H2,1-2H3,(H,37,38)(H,40,41). The van der Waals surface area contributed by atoms with Crippen molar-refractivity contribution in [2.75, 3.05) is 5.32 Å². The predicted molar refractivity (Wildman–Crippen MR) is 157 cm³/mol. The van der Waals surface area contributed by atoms with Gasteiger partial charge in [-0.15, -0.1) is 13.2 Å². The summed E-state index contributed by atoms with van der Waals surface area (Å²) in [6.07, 6.45) is -0.541. The van der Waals surface area contributed by atoms with E-state index in [-0.39, 0.29) is 53.4 Å². The summed E-state index contributed by atoms with van der Waals surface area (Å²) in [5, 5.41) is 17.9. The number of carboxylic acids is 1. The van der Waals surface area contributed by atoms with Crippen molar-refractivity contribution in [3.8, 4) is 17.0 Å². The fourth-order valence-corrected chi connectivity index (χ4v) is 6.43. The first kappa shape index (κ1) is 29.9. The Kier molecular flexibility index (Phi) is 8.24. The zero-order chi connectivity index (χ0) is 31.0. The molecule has 2 heterocycles. The van der Waals surface area contributed by atoms with E-state index in [2.05, 4.69) is 29.1 Å². The number of alkyl halides is 3. The smallest absolute Gasteiger partial charge is 0.478 e.